The van der Waals surface area contributed by atoms with Crippen LogP contribution in [0.2, 0.25) is 0 Å². The molecule has 2 aliphatic rings. The molecule has 1 atom stereocenters. The molecule has 2 fully saturated rings. The minimum atomic E-state index is -0.606. The number of aromatic nitrogens is 14. The summed E-state index contributed by atoms with van der Waals surface area (Å²) in [5, 5.41) is 80.2. The van der Waals surface area contributed by atoms with Crippen molar-refractivity contribution in [1.29, 1.82) is 0 Å². The Morgan fingerprint density at radius 3 is 1.28 bits per heavy atom. The Labute approximate surface area is 848 Å². The van der Waals surface area contributed by atoms with Crippen molar-refractivity contribution in [3.63, 3.8) is 0 Å². The number of anilines is 14. The number of fused-ring (bicyclic) bond motifs is 1. The van der Waals surface area contributed by atoms with Gasteiger partial charge in [-0.05, 0) is 242 Å². The highest BCUT2D eigenvalue weighted by Crippen LogP contribution is 2.33. The van der Waals surface area contributed by atoms with E-state index in [0.717, 1.165) is 138 Å². The van der Waals surface area contributed by atoms with Gasteiger partial charge in [-0.25, -0.2) is 75.2 Å². The average molecular weight is 1980 g/mol. The fourth-order valence-corrected chi connectivity index (χ4v) is 15.2. The number of aliphatic hydroxyl groups excluding tert-OH is 2. The molecule has 0 spiro atoms. The summed E-state index contributed by atoms with van der Waals surface area (Å²) >= 11 is 0. The normalized spacial score (nSPS) is 12.8. The lowest BCUT2D eigenvalue weighted by atomic mass is 10.1. The maximum Gasteiger partial charge on any atom is 0.245 e. The minimum Gasteiger partial charge on any atom is -0.508 e. The van der Waals surface area contributed by atoms with E-state index in [1.807, 2.05) is 182 Å². The number of hydrogen-bond donors (Lipinski definition) is 14. The van der Waals surface area contributed by atoms with E-state index in [4.69, 9.17) is 14.9 Å². The van der Waals surface area contributed by atoms with Crippen molar-refractivity contribution in [2.45, 2.75) is 46.1 Å². The molecule has 8 aromatic carbocycles. The van der Waals surface area contributed by atoms with Crippen LogP contribution in [0.3, 0.4) is 0 Å². The molecule has 148 heavy (non-hydrogen) atoms. The van der Waals surface area contributed by atoms with Gasteiger partial charge in [-0.2, -0.15) is 25.4 Å². The van der Waals surface area contributed by atoms with Crippen LogP contribution in [0.4, 0.5) is 94.0 Å². The molecule has 742 valence electrons. The third kappa shape index (κ3) is 28.5. The molecular weight excluding hydrogens is 1880 g/mol. The second-order valence-electron chi connectivity index (χ2n) is 33.7. The van der Waals surface area contributed by atoms with E-state index in [1.165, 1.54) is 24.2 Å². The summed E-state index contributed by atoms with van der Waals surface area (Å²) in [7, 11) is 0. The van der Waals surface area contributed by atoms with Crippen LogP contribution in [0, 0.1) is 31.3 Å². The Morgan fingerprint density at radius 1 is 0.378 bits per heavy atom. The second kappa shape index (κ2) is 49.6. The van der Waals surface area contributed by atoms with Gasteiger partial charge in [-0.1, -0.05) is 96.6 Å². The van der Waals surface area contributed by atoms with E-state index >= 15 is 0 Å². The van der Waals surface area contributed by atoms with Gasteiger partial charge in [0, 0.05) is 97.1 Å². The van der Waals surface area contributed by atoms with Crippen LogP contribution >= 0.6 is 0 Å². The number of aromatic hydroxyl groups is 3. The standard InChI is InChI=1S/2C29H24FN7O2.C28H24N6O.C24H28FN9O/c30-27-18-33-29(36-28(27)21-6-7-22(12-13-38)31-15-21)37-34-17-24-10-11-25(16-32-24)35-23-8-4-19(5-9-23)20-2-1-3-26(39)14-20;30-26-18-33-29(36-28(26)27-11-4-19(12-13-38)15-32-27)37-34-17-23-9-10-24(16-31-23)35-22-7-5-20(6-8-22)21-2-1-3-25(39)14-21;1-18-6-13-27-26(14-18)19(2)31-28(33-27)34-30-17-23-11-12-24(16-29-23)32-22-9-7-20(8-10-22)21-4-3-5-25(35)15-21;1-17-7-8-34(32-17)21-4-2-3-18(13-21)29-20-6-5-19(26-14-20)15-28-31-24-27-16-22(25)23(30-24)33-9-11-35-12-10-33/h2*1-11,14-18,35,38-39H,12-13H2,(H,33,36,37);3-17,32,35H,1-2H3,(H,31,33,34);2-6,13-17,29,32H,7-12H2,1H3,(H,27,30,31)/b2*34-17+;30-17+;28-15+. The van der Waals surface area contributed by atoms with Crippen molar-refractivity contribution >= 4 is 117 Å². The number of phenolic OH excluding ortho intramolecular Hbond substituents is 3. The van der Waals surface area contributed by atoms with Gasteiger partial charge in [0.15, 0.2) is 23.3 Å². The number of morpholine rings is 1. The number of aliphatic hydroxyl groups is 2. The summed E-state index contributed by atoms with van der Waals surface area (Å²) < 4.78 is 48.1. The highest BCUT2D eigenvalue weighted by molar-refractivity contribution is 5.85. The van der Waals surface area contributed by atoms with Crippen LogP contribution < -0.4 is 58.3 Å². The number of pyridine rings is 6. The summed E-state index contributed by atoms with van der Waals surface area (Å²) in [6.45, 7) is 9.45. The van der Waals surface area contributed by atoms with Gasteiger partial charge < -0.3 is 61.4 Å². The number of halogens is 3. The van der Waals surface area contributed by atoms with Crippen LogP contribution in [-0.2, 0) is 17.6 Å². The van der Waals surface area contributed by atoms with E-state index in [9.17, 15) is 28.5 Å². The van der Waals surface area contributed by atoms with Crippen molar-refractivity contribution in [2.24, 2.45) is 20.4 Å². The first-order valence-electron chi connectivity index (χ1n) is 47.0. The predicted molar refractivity (Wildman–Crippen MR) is 573 cm³/mol. The van der Waals surface area contributed by atoms with Gasteiger partial charge in [0.2, 0.25) is 23.8 Å². The van der Waals surface area contributed by atoms with E-state index in [2.05, 4.69) is 176 Å². The molecule has 35 nitrogen and oxygen atoms in total. The Morgan fingerprint density at radius 2 is 0.831 bits per heavy atom. The van der Waals surface area contributed by atoms with E-state index in [0.29, 0.717) is 90.9 Å². The Balaban J connectivity index is 0.000000135. The first-order valence-corrected chi connectivity index (χ1v) is 47.0. The maximum absolute atomic E-state index is 14.3. The number of hydrazine groups is 1. The van der Waals surface area contributed by atoms with Crippen LogP contribution in [0.25, 0.3) is 66.9 Å². The molecule has 2 saturated heterocycles. The Hall–Kier alpha value is -19.1. The first-order chi connectivity index (χ1) is 72.3. The number of nitrogens with one attached hydrogen (secondary N) is 9. The molecule has 38 heteroatoms. The van der Waals surface area contributed by atoms with Gasteiger partial charge in [0.25, 0.3) is 0 Å². The number of hydrazone groups is 4. The highest BCUT2D eigenvalue weighted by atomic mass is 19.1. The number of nitrogens with zero attached hydrogens (tertiary/aromatic N) is 20. The molecule has 12 heterocycles. The number of phenols is 3. The first kappa shape index (κ1) is 100. The molecule has 0 amide bonds. The maximum atomic E-state index is 14.3. The fraction of sp³-hybridized carbons (Fsp3) is 0.127. The molecule has 1 unspecified atom stereocenters. The van der Waals surface area contributed by atoms with Crippen LogP contribution in [0.1, 0.15) is 58.6 Å². The number of ether oxygens (including phenoxy) is 1. The molecule has 20 rings (SSSR count). The lowest BCUT2D eigenvalue weighted by Crippen LogP contribution is -2.37. The SMILES string of the molecule is CC1CCN(c2cccc(Nc3ccc(/C=N/Nc4ncc(F)c(N5CCOCC5)n4)nc3)c2)N1.Cc1ccc2nc(N/N=C/c3ccc(Nc4ccc(-c5cccc(O)c5)cc4)cn3)nc(C)c2c1.OCCc1ccc(-c2nc(N/N=C/c3ccc(Nc4ccc(-c5cccc(O)c5)cc4)cn3)ncc2F)cn1.OCCc1ccc(-c2nc(N/N=C/c3ccc(Nc4ccc(-c5cccc(O)c5)cc4)cn3)ncc2F)nc1. The summed E-state index contributed by atoms with van der Waals surface area (Å²) in [6.07, 6.45) is 21.4. The van der Waals surface area contributed by atoms with Gasteiger partial charge >= 0.3 is 0 Å². The molecule has 10 aromatic heterocycles. The monoisotopic (exact) mass is 1980 g/mol. The fourth-order valence-electron chi connectivity index (χ4n) is 15.2. The van der Waals surface area contributed by atoms with Gasteiger partial charge in [-0.3, -0.25) is 29.9 Å². The predicted octanol–water partition coefficient (Wildman–Crippen LogP) is 19.7. The van der Waals surface area contributed by atoms with Crippen molar-refractivity contribution < 1.29 is 43.4 Å². The number of rotatable bonds is 31. The molecule has 2 aliphatic heterocycles. The van der Waals surface area contributed by atoms with Crippen molar-refractivity contribution in [1.82, 2.24) is 75.2 Å². The molecule has 18 aromatic rings. The van der Waals surface area contributed by atoms with Crippen molar-refractivity contribution in [3.05, 3.63) is 379 Å². The zero-order chi connectivity index (χ0) is 102. The smallest absolute Gasteiger partial charge is 0.245 e. The van der Waals surface area contributed by atoms with E-state index in [1.54, 1.807) is 116 Å². The molecular formula is C110H100F3N29O6. The molecule has 0 bridgehead atoms. The Kier molecular flexibility index (Phi) is 33.7. The Bertz CT molecular complexity index is 7390. The molecule has 0 aliphatic carbocycles. The van der Waals surface area contributed by atoms with Gasteiger partial charge in [0.1, 0.15) is 28.6 Å². The third-order valence-electron chi connectivity index (χ3n) is 22.8. The van der Waals surface area contributed by atoms with Crippen molar-refractivity contribution in [2.75, 3.05) is 98.9 Å². The quantitative estimate of drug-likeness (QED) is 0.0142. The summed E-state index contributed by atoms with van der Waals surface area (Å²) in [4.78, 5) is 61.3. The lowest BCUT2D eigenvalue weighted by Gasteiger charge is -2.27. The zero-order valence-electron chi connectivity index (χ0n) is 80.2. The number of hydrogen-bond acceptors (Lipinski definition) is 35. The van der Waals surface area contributed by atoms with Crippen LogP contribution in [-0.4, -0.2) is 172 Å². The third-order valence-corrected chi connectivity index (χ3v) is 22.8. The van der Waals surface area contributed by atoms with E-state index in [-0.39, 0.29) is 65.5 Å². The minimum absolute atomic E-state index is 0.00924. The summed E-state index contributed by atoms with van der Waals surface area (Å²) in [6, 6.07) is 81.8. The van der Waals surface area contributed by atoms with Crippen molar-refractivity contribution in [3.8, 4) is 73.3 Å². The highest BCUT2D eigenvalue weighted by Gasteiger charge is 2.22. The van der Waals surface area contributed by atoms with Gasteiger partial charge in [0.05, 0.1) is 150 Å². The topological polar surface area (TPSA) is 455 Å². The molecule has 0 saturated carbocycles. The lowest BCUT2D eigenvalue weighted by molar-refractivity contribution is 0.122. The summed E-state index contributed by atoms with van der Waals surface area (Å²) in [5.74, 6) is 0.186. The zero-order valence-corrected chi connectivity index (χ0v) is 80.2. The second-order valence-corrected chi connectivity index (χ2v) is 33.7. The van der Waals surface area contributed by atoms with Gasteiger partial charge in [-0.15, -0.1) is 0 Å². The van der Waals surface area contributed by atoms with E-state index < -0.39 is 17.5 Å². The largest absolute Gasteiger partial charge is 0.508 e. The number of benzene rings is 8. The molecule has 0 radical (unpaired) electrons. The van der Waals surface area contributed by atoms with Crippen LogP contribution in [0.5, 0.6) is 17.2 Å². The van der Waals surface area contributed by atoms with Crippen LogP contribution in [0.15, 0.2) is 337 Å². The summed E-state index contributed by atoms with van der Waals surface area (Å²) in [5.41, 5.74) is 36.6. The molecule has 14 N–H and O–H groups in total. The average Bonchev–Trinajstić information content (AvgIpc) is 1.21. The number of aryl methyl sites for hydroxylation is 2.